The zero-order valence-electron chi connectivity index (χ0n) is 8.35. The Morgan fingerprint density at radius 2 is 2.06 bits per heavy atom. The second kappa shape index (κ2) is 5.83. The van der Waals surface area contributed by atoms with Gasteiger partial charge in [0.05, 0.1) is 24.8 Å². The van der Waals surface area contributed by atoms with Crippen molar-refractivity contribution in [3.8, 4) is 0 Å². The minimum Gasteiger partial charge on any atom is -0.394 e. The number of aliphatic hydroxyl groups is 2. The first kappa shape index (κ1) is 13.0. The first-order chi connectivity index (χ1) is 7.58. The van der Waals surface area contributed by atoms with E-state index in [1.165, 1.54) is 12.1 Å². The molecule has 0 fully saturated rings. The van der Waals surface area contributed by atoms with E-state index in [1.807, 2.05) is 0 Å². The highest BCUT2D eigenvalue weighted by atomic mass is 32.1. The van der Waals surface area contributed by atoms with Gasteiger partial charge in [-0.25, -0.2) is 4.39 Å². The zero-order valence-corrected chi connectivity index (χ0v) is 9.25. The standard InChI is InChI=1S/C10H12FNO3S/c11-9-2-1-7(16)3-8(9)10(15)12-6(4-13)5-14/h1-3,6,13-14,16H,4-5H2,(H,12,15). The number of hydrogen-bond donors (Lipinski definition) is 4. The van der Waals surface area contributed by atoms with Crippen molar-refractivity contribution in [2.24, 2.45) is 0 Å². The average molecular weight is 245 g/mol. The van der Waals surface area contributed by atoms with Gasteiger partial charge in [-0.3, -0.25) is 4.79 Å². The van der Waals surface area contributed by atoms with Gasteiger partial charge in [-0.15, -0.1) is 12.6 Å². The Kier molecular flexibility index (Phi) is 4.72. The molecule has 16 heavy (non-hydrogen) atoms. The summed E-state index contributed by atoms with van der Waals surface area (Å²) in [5.74, 6) is -1.37. The first-order valence-corrected chi connectivity index (χ1v) is 5.04. The molecule has 4 nitrogen and oxygen atoms in total. The minimum absolute atomic E-state index is 0.167. The van der Waals surface area contributed by atoms with Gasteiger partial charge >= 0.3 is 0 Å². The Labute approximate surface area is 97.5 Å². The predicted octanol–water partition coefficient (Wildman–Crippen LogP) is 0.197. The van der Waals surface area contributed by atoms with E-state index >= 15 is 0 Å². The summed E-state index contributed by atoms with van der Waals surface area (Å²) in [6.45, 7) is -0.825. The summed E-state index contributed by atoms with van der Waals surface area (Å²) in [6.07, 6.45) is 0. The van der Waals surface area contributed by atoms with E-state index in [9.17, 15) is 9.18 Å². The predicted molar refractivity (Wildman–Crippen MR) is 59.1 cm³/mol. The lowest BCUT2D eigenvalue weighted by Crippen LogP contribution is -2.40. The molecule has 1 aromatic rings. The molecule has 1 aromatic carbocycles. The second-order valence-electron chi connectivity index (χ2n) is 3.20. The molecule has 88 valence electrons. The van der Waals surface area contributed by atoms with Crippen molar-refractivity contribution >= 4 is 18.5 Å². The topological polar surface area (TPSA) is 69.6 Å². The largest absolute Gasteiger partial charge is 0.394 e. The second-order valence-corrected chi connectivity index (χ2v) is 3.72. The summed E-state index contributed by atoms with van der Waals surface area (Å²) < 4.78 is 13.3. The van der Waals surface area contributed by atoms with E-state index in [1.54, 1.807) is 0 Å². The summed E-state index contributed by atoms with van der Waals surface area (Å²) >= 11 is 3.99. The van der Waals surface area contributed by atoms with Crippen LogP contribution in [0.25, 0.3) is 0 Å². The van der Waals surface area contributed by atoms with E-state index in [0.29, 0.717) is 4.90 Å². The monoisotopic (exact) mass is 245 g/mol. The molecular weight excluding hydrogens is 233 g/mol. The van der Waals surface area contributed by atoms with Crippen molar-refractivity contribution < 1.29 is 19.4 Å². The maximum absolute atomic E-state index is 13.3. The molecule has 1 rings (SSSR count). The van der Waals surface area contributed by atoms with E-state index in [0.717, 1.165) is 6.07 Å². The molecule has 0 unspecified atom stereocenters. The number of aliphatic hydroxyl groups excluding tert-OH is 2. The molecule has 0 aliphatic rings. The van der Waals surface area contributed by atoms with Crippen LogP contribution < -0.4 is 5.32 Å². The molecule has 0 aliphatic carbocycles. The van der Waals surface area contributed by atoms with E-state index in [2.05, 4.69) is 17.9 Å². The maximum Gasteiger partial charge on any atom is 0.254 e. The number of halogens is 1. The van der Waals surface area contributed by atoms with Crippen LogP contribution in [0, 0.1) is 5.82 Å². The molecule has 0 radical (unpaired) electrons. The Morgan fingerprint density at radius 3 is 2.62 bits per heavy atom. The zero-order chi connectivity index (χ0) is 12.1. The summed E-state index contributed by atoms with van der Waals surface area (Å²) in [4.78, 5) is 12.0. The van der Waals surface area contributed by atoms with Crippen LogP contribution >= 0.6 is 12.6 Å². The fourth-order valence-electron chi connectivity index (χ4n) is 1.10. The Hall–Kier alpha value is -1.11. The fourth-order valence-corrected chi connectivity index (χ4v) is 1.30. The van der Waals surface area contributed by atoms with Gasteiger partial charge in [0.2, 0.25) is 0 Å². The number of amides is 1. The molecule has 0 saturated carbocycles. The number of benzene rings is 1. The van der Waals surface area contributed by atoms with Crippen LogP contribution in [-0.4, -0.2) is 35.4 Å². The highest BCUT2D eigenvalue weighted by Crippen LogP contribution is 2.13. The fraction of sp³-hybridized carbons (Fsp3) is 0.300. The highest BCUT2D eigenvalue weighted by Gasteiger charge is 2.15. The summed E-state index contributed by atoms with van der Waals surface area (Å²) in [6, 6.07) is 3.03. The van der Waals surface area contributed by atoms with Crippen molar-refractivity contribution in [3.63, 3.8) is 0 Å². The third-order valence-electron chi connectivity index (χ3n) is 1.97. The van der Waals surface area contributed by atoms with Crippen molar-refractivity contribution in [1.82, 2.24) is 5.32 Å². The lowest BCUT2D eigenvalue weighted by atomic mass is 10.2. The van der Waals surface area contributed by atoms with E-state index in [-0.39, 0.29) is 5.56 Å². The van der Waals surface area contributed by atoms with Gasteiger partial charge in [0, 0.05) is 4.90 Å². The highest BCUT2D eigenvalue weighted by molar-refractivity contribution is 7.80. The lowest BCUT2D eigenvalue weighted by Gasteiger charge is -2.13. The molecule has 1 amide bonds. The summed E-state index contributed by atoms with van der Waals surface area (Å²) in [5, 5.41) is 19.8. The van der Waals surface area contributed by atoms with Gasteiger partial charge in [0.1, 0.15) is 5.82 Å². The summed E-state index contributed by atoms with van der Waals surface area (Å²) in [7, 11) is 0. The lowest BCUT2D eigenvalue weighted by molar-refractivity contribution is 0.0875. The van der Waals surface area contributed by atoms with Crippen molar-refractivity contribution in [1.29, 1.82) is 0 Å². The van der Waals surface area contributed by atoms with Gasteiger partial charge in [-0.2, -0.15) is 0 Å². The Balaban J connectivity index is 2.83. The van der Waals surface area contributed by atoms with Gasteiger partial charge in [0.15, 0.2) is 0 Å². The molecule has 0 atom stereocenters. The number of rotatable bonds is 4. The average Bonchev–Trinajstić information content (AvgIpc) is 2.28. The number of carbonyl (C=O) groups is 1. The number of thiol groups is 1. The molecule has 0 aliphatic heterocycles. The smallest absolute Gasteiger partial charge is 0.254 e. The van der Waals surface area contributed by atoms with E-state index < -0.39 is 31.0 Å². The minimum atomic E-state index is -0.796. The van der Waals surface area contributed by atoms with Gasteiger partial charge in [-0.1, -0.05) is 0 Å². The molecule has 6 heteroatoms. The molecule has 0 aromatic heterocycles. The quantitative estimate of drug-likeness (QED) is 0.573. The van der Waals surface area contributed by atoms with Gasteiger partial charge < -0.3 is 15.5 Å². The van der Waals surface area contributed by atoms with Crippen LogP contribution in [-0.2, 0) is 0 Å². The maximum atomic E-state index is 13.3. The van der Waals surface area contributed by atoms with Crippen LogP contribution in [0.3, 0.4) is 0 Å². The number of hydrogen-bond acceptors (Lipinski definition) is 4. The number of carbonyl (C=O) groups excluding carboxylic acids is 1. The Morgan fingerprint density at radius 1 is 1.44 bits per heavy atom. The number of nitrogens with one attached hydrogen (secondary N) is 1. The first-order valence-electron chi connectivity index (χ1n) is 4.59. The van der Waals surface area contributed by atoms with E-state index in [4.69, 9.17) is 10.2 Å². The van der Waals surface area contributed by atoms with Gasteiger partial charge in [-0.05, 0) is 18.2 Å². The van der Waals surface area contributed by atoms with Crippen LogP contribution in [0.2, 0.25) is 0 Å². The SMILES string of the molecule is O=C(NC(CO)CO)c1cc(S)ccc1F. The van der Waals surface area contributed by atoms with Crippen molar-refractivity contribution in [2.45, 2.75) is 10.9 Å². The molecule has 0 bridgehead atoms. The molecule has 3 N–H and O–H groups in total. The normalized spacial score (nSPS) is 10.6. The Bertz CT molecular complexity index is 382. The third-order valence-corrected chi connectivity index (χ3v) is 2.25. The van der Waals surface area contributed by atoms with Crippen LogP contribution in [0.1, 0.15) is 10.4 Å². The van der Waals surface area contributed by atoms with Crippen LogP contribution in [0.4, 0.5) is 4.39 Å². The van der Waals surface area contributed by atoms with Gasteiger partial charge in [0.25, 0.3) is 5.91 Å². The van der Waals surface area contributed by atoms with Crippen LogP contribution in [0.5, 0.6) is 0 Å². The molecular formula is C10H12FNO3S. The molecule has 0 heterocycles. The van der Waals surface area contributed by atoms with Crippen molar-refractivity contribution in [3.05, 3.63) is 29.6 Å². The molecule has 0 saturated heterocycles. The third kappa shape index (κ3) is 3.19. The van der Waals surface area contributed by atoms with Crippen LogP contribution in [0.15, 0.2) is 23.1 Å². The van der Waals surface area contributed by atoms with Crippen molar-refractivity contribution in [2.75, 3.05) is 13.2 Å². The molecule has 0 spiro atoms. The summed E-state index contributed by atoms with van der Waals surface area (Å²) in [5.41, 5.74) is -0.167.